The lowest BCUT2D eigenvalue weighted by atomic mass is 10.1. The molecule has 1 aliphatic heterocycles. The number of aromatic hydroxyl groups is 1. The van der Waals surface area contributed by atoms with Gasteiger partial charge >= 0.3 is 5.97 Å². The molecule has 0 bridgehead atoms. The number of likely N-dealkylation sites (N-methyl/N-ethyl adjacent to an activating group) is 1. The number of esters is 1. The first kappa shape index (κ1) is 27.1. The number of methoxy groups -OCH3 is 1. The van der Waals surface area contributed by atoms with Crippen molar-refractivity contribution < 1.29 is 24.2 Å². The average Bonchev–Trinajstić information content (AvgIpc) is 2.85. The second-order valence-corrected chi connectivity index (χ2v) is 9.40. The first-order valence-electron chi connectivity index (χ1n) is 11.4. The summed E-state index contributed by atoms with van der Waals surface area (Å²) < 4.78 is 10.6. The zero-order valence-electron chi connectivity index (χ0n) is 20.1. The van der Waals surface area contributed by atoms with Crippen LogP contribution in [0, 0.1) is 0 Å². The van der Waals surface area contributed by atoms with E-state index in [1.165, 1.54) is 13.2 Å². The van der Waals surface area contributed by atoms with Crippen LogP contribution < -0.4 is 10.1 Å². The lowest BCUT2D eigenvalue weighted by Gasteiger charge is -2.37. The molecule has 10 heteroatoms. The monoisotopic (exact) mass is 523 g/mol. The van der Waals surface area contributed by atoms with Gasteiger partial charge in [-0.2, -0.15) is 0 Å². The van der Waals surface area contributed by atoms with Gasteiger partial charge in [0.2, 0.25) is 0 Å². The van der Waals surface area contributed by atoms with Crippen LogP contribution in [0.3, 0.4) is 0 Å². The fraction of sp³-hybridized carbons (Fsp3) is 0.440. The summed E-state index contributed by atoms with van der Waals surface area (Å²) in [5, 5.41) is 13.1. The number of nitrogens with zero attached hydrogens (tertiary/aromatic N) is 2. The summed E-state index contributed by atoms with van der Waals surface area (Å²) in [6, 6.07) is 9.96. The third-order valence-electron chi connectivity index (χ3n) is 6.17. The Morgan fingerprint density at radius 2 is 1.94 bits per heavy atom. The summed E-state index contributed by atoms with van der Waals surface area (Å²) in [6.07, 6.45) is 0.216. The molecule has 190 valence electrons. The van der Waals surface area contributed by atoms with Gasteiger partial charge in [0.15, 0.2) is 11.5 Å². The van der Waals surface area contributed by atoms with E-state index in [4.69, 9.17) is 32.7 Å². The smallest absolute Gasteiger partial charge is 0.328 e. The lowest BCUT2D eigenvalue weighted by molar-refractivity contribution is -0.142. The Kier molecular flexibility index (Phi) is 9.63. The van der Waals surface area contributed by atoms with Gasteiger partial charge in [0.25, 0.3) is 5.91 Å². The molecule has 35 heavy (non-hydrogen) atoms. The van der Waals surface area contributed by atoms with E-state index in [2.05, 4.69) is 29.1 Å². The van der Waals surface area contributed by atoms with E-state index in [0.29, 0.717) is 19.2 Å². The molecule has 0 aromatic heterocycles. The van der Waals surface area contributed by atoms with Crippen LogP contribution in [0.5, 0.6) is 11.5 Å². The third-order valence-corrected chi connectivity index (χ3v) is 6.80. The highest BCUT2D eigenvalue weighted by atomic mass is 35.5. The highest BCUT2D eigenvalue weighted by Crippen LogP contribution is 2.42. The quantitative estimate of drug-likeness (QED) is 0.487. The van der Waals surface area contributed by atoms with Crippen molar-refractivity contribution in [2.24, 2.45) is 0 Å². The molecule has 2 atom stereocenters. The zero-order chi connectivity index (χ0) is 25.5. The van der Waals surface area contributed by atoms with Crippen molar-refractivity contribution in [3.05, 3.63) is 57.6 Å². The normalized spacial score (nSPS) is 17.6. The van der Waals surface area contributed by atoms with Gasteiger partial charge in [-0.1, -0.05) is 53.5 Å². The number of amides is 1. The molecule has 1 unspecified atom stereocenters. The SMILES string of the molecule is COC(=O)[C@H](Cc1ccccc1)NC(=O)c1cc(Cl)c(OCCN2CCN(C)C(C)C2)c(Cl)c1O. The summed E-state index contributed by atoms with van der Waals surface area (Å²) in [6.45, 7) is 6.00. The Balaban J connectivity index is 1.68. The Morgan fingerprint density at radius 1 is 1.23 bits per heavy atom. The summed E-state index contributed by atoms with van der Waals surface area (Å²) in [7, 11) is 3.35. The summed E-state index contributed by atoms with van der Waals surface area (Å²) in [5.74, 6) is -1.69. The maximum atomic E-state index is 12.9. The molecule has 0 spiro atoms. The van der Waals surface area contributed by atoms with Crippen molar-refractivity contribution in [1.29, 1.82) is 0 Å². The van der Waals surface area contributed by atoms with Crippen molar-refractivity contribution in [2.75, 3.05) is 46.9 Å². The standard InChI is InChI=1S/C25H31Cl2N3O5/c1-16-15-30(10-9-29(16)2)11-12-35-23-19(26)14-18(22(31)21(23)27)24(32)28-20(25(33)34-3)13-17-7-5-4-6-8-17/h4-8,14,16,20,31H,9-13,15H2,1-3H3,(H,28,32)/t16?,20-/m0/s1. The number of hydrogen-bond acceptors (Lipinski definition) is 7. The number of hydrogen-bond donors (Lipinski definition) is 2. The molecule has 0 aliphatic carbocycles. The van der Waals surface area contributed by atoms with Crippen molar-refractivity contribution in [3.8, 4) is 11.5 Å². The molecule has 1 saturated heterocycles. The molecule has 2 N–H and O–H groups in total. The maximum absolute atomic E-state index is 12.9. The Hall–Kier alpha value is -2.52. The van der Waals surface area contributed by atoms with Crippen LogP contribution in [0.15, 0.2) is 36.4 Å². The molecule has 2 aromatic rings. The van der Waals surface area contributed by atoms with Crippen molar-refractivity contribution >= 4 is 35.1 Å². The topological polar surface area (TPSA) is 91.3 Å². The van der Waals surface area contributed by atoms with E-state index in [1.807, 2.05) is 30.3 Å². The number of halogens is 2. The number of ether oxygens (including phenoxy) is 2. The molecule has 1 amide bonds. The first-order chi connectivity index (χ1) is 16.7. The molecule has 2 aromatic carbocycles. The Labute approximate surface area is 215 Å². The second-order valence-electron chi connectivity index (χ2n) is 8.62. The van der Waals surface area contributed by atoms with Gasteiger partial charge in [0.05, 0.1) is 17.7 Å². The van der Waals surface area contributed by atoms with E-state index in [0.717, 1.165) is 25.2 Å². The molecule has 1 fully saturated rings. The number of piperazine rings is 1. The molecule has 0 saturated carbocycles. The van der Waals surface area contributed by atoms with Gasteiger partial charge in [-0.25, -0.2) is 4.79 Å². The number of carbonyl (C=O) groups is 2. The first-order valence-corrected chi connectivity index (χ1v) is 12.2. The van der Waals surface area contributed by atoms with Gasteiger partial charge in [0, 0.05) is 38.6 Å². The molecule has 3 rings (SSSR count). The van der Waals surface area contributed by atoms with Gasteiger partial charge in [-0.3, -0.25) is 9.69 Å². The van der Waals surface area contributed by atoms with Gasteiger partial charge < -0.3 is 24.8 Å². The van der Waals surface area contributed by atoms with Crippen LogP contribution in [0.4, 0.5) is 0 Å². The molecule has 0 radical (unpaired) electrons. The van der Waals surface area contributed by atoms with Gasteiger partial charge in [0.1, 0.15) is 17.7 Å². The fourth-order valence-electron chi connectivity index (χ4n) is 3.92. The van der Waals surface area contributed by atoms with E-state index in [1.54, 1.807) is 0 Å². The third kappa shape index (κ3) is 7.01. The van der Waals surface area contributed by atoms with Crippen molar-refractivity contribution in [3.63, 3.8) is 0 Å². The number of carbonyl (C=O) groups excluding carboxylic acids is 2. The number of rotatable bonds is 9. The second kappa shape index (κ2) is 12.4. The highest BCUT2D eigenvalue weighted by Gasteiger charge is 2.27. The fourth-order valence-corrected chi connectivity index (χ4v) is 4.49. The average molecular weight is 524 g/mol. The molecule has 1 heterocycles. The Morgan fingerprint density at radius 3 is 2.60 bits per heavy atom. The van der Waals surface area contributed by atoms with E-state index in [-0.39, 0.29) is 27.8 Å². The van der Waals surface area contributed by atoms with Gasteiger partial charge in [-0.15, -0.1) is 0 Å². The van der Waals surface area contributed by atoms with Crippen LogP contribution in [0.25, 0.3) is 0 Å². The van der Waals surface area contributed by atoms with Crippen molar-refractivity contribution in [2.45, 2.75) is 25.4 Å². The molecular weight excluding hydrogens is 493 g/mol. The largest absolute Gasteiger partial charge is 0.505 e. The number of nitrogens with one attached hydrogen (secondary N) is 1. The lowest BCUT2D eigenvalue weighted by Crippen LogP contribution is -2.50. The van der Waals surface area contributed by atoms with E-state index < -0.39 is 23.7 Å². The number of phenolic OH excluding ortho intramolecular Hbond substituents is 1. The summed E-state index contributed by atoms with van der Waals surface area (Å²) in [5.41, 5.74) is 0.671. The van der Waals surface area contributed by atoms with Crippen LogP contribution >= 0.6 is 23.2 Å². The number of benzene rings is 2. The molecule has 1 aliphatic rings. The minimum absolute atomic E-state index is 0.0855. The predicted octanol–water partition coefficient (Wildman–Crippen LogP) is 3.23. The minimum Gasteiger partial charge on any atom is -0.505 e. The van der Waals surface area contributed by atoms with Crippen LogP contribution in [-0.4, -0.2) is 85.8 Å². The summed E-state index contributed by atoms with van der Waals surface area (Å²) in [4.78, 5) is 29.8. The molecular formula is C25H31Cl2N3O5. The summed E-state index contributed by atoms with van der Waals surface area (Å²) >= 11 is 12.7. The van der Waals surface area contributed by atoms with Crippen LogP contribution in [0.1, 0.15) is 22.8 Å². The van der Waals surface area contributed by atoms with Crippen LogP contribution in [0.2, 0.25) is 10.0 Å². The van der Waals surface area contributed by atoms with Crippen LogP contribution in [-0.2, 0) is 16.0 Å². The minimum atomic E-state index is -0.964. The highest BCUT2D eigenvalue weighted by molar-refractivity contribution is 6.39. The number of phenols is 1. The maximum Gasteiger partial charge on any atom is 0.328 e. The van der Waals surface area contributed by atoms with Gasteiger partial charge in [-0.05, 0) is 25.6 Å². The van der Waals surface area contributed by atoms with Crippen molar-refractivity contribution in [1.82, 2.24) is 15.1 Å². The predicted molar refractivity (Wildman–Crippen MR) is 136 cm³/mol. The molecule has 8 nitrogen and oxygen atoms in total. The van der Waals surface area contributed by atoms with E-state index >= 15 is 0 Å². The Bertz CT molecular complexity index is 1040. The van der Waals surface area contributed by atoms with E-state index in [9.17, 15) is 14.7 Å². The zero-order valence-corrected chi connectivity index (χ0v) is 21.6.